The number of carbonyl (C=O) groups is 1. The van der Waals surface area contributed by atoms with Crippen LogP contribution < -0.4 is 0 Å². The van der Waals surface area contributed by atoms with Gasteiger partial charge in [0.2, 0.25) is 0 Å². The van der Waals surface area contributed by atoms with Gasteiger partial charge in [-0.05, 0) is 26.2 Å². The first-order valence-electron chi connectivity index (χ1n) is 9.00. The van der Waals surface area contributed by atoms with Crippen LogP contribution in [0.4, 0.5) is 0 Å². The van der Waals surface area contributed by atoms with Crippen molar-refractivity contribution >= 4 is 5.97 Å². The largest absolute Gasteiger partial charge is 0.481 e. The van der Waals surface area contributed by atoms with Crippen molar-refractivity contribution in [2.45, 2.75) is 103 Å². The number of carboxylic acids is 1. The predicted molar refractivity (Wildman–Crippen MR) is 88.7 cm³/mol. The van der Waals surface area contributed by atoms with Crippen LogP contribution >= 0.6 is 0 Å². The quantitative estimate of drug-likeness (QED) is 0.379. The van der Waals surface area contributed by atoms with Gasteiger partial charge in [0, 0.05) is 13.0 Å². The van der Waals surface area contributed by atoms with Gasteiger partial charge in [0.1, 0.15) is 0 Å². The van der Waals surface area contributed by atoms with E-state index in [1.54, 1.807) is 0 Å². The predicted octanol–water partition coefficient (Wildman–Crippen LogP) is 5.57. The van der Waals surface area contributed by atoms with Crippen LogP contribution in [0.1, 0.15) is 97.3 Å². The molecule has 0 aromatic carbocycles. The van der Waals surface area contributed by atoms with Gasteiger partial charge in [0.25, 0.3) is 0 Å². The van der Waals surface area contributed by atoms with E-state index >= 15 is 0 Å². The summed E-state index contributed by atoms with van der Waals surface area (Å²) in [5, 5.41) is 8.53. The van der Waals surface area contributed by atoms with Gasteiger partial charge >= 0.3 is 5.97 Å². The molecule has 0 aromatic heterocycles. The van der Waals surface area contributed by atoms with Gasteiger partial charge in [-0.2, -0.15) is 0 Å². The average molecular weight is 300 g/mol. The van der Waals surface area contributed by atoms with Crippen molar-refractivity contribution in [3.63, 3.8) is 0 Å². The van der Waals surface area contributed by atoms with Crippen LogP contribution in [0.3, 0.4) is 0 Å². The smallest absolute Gasteiger partial charge is 0.303 e. The number of rotatable bonds is 16. The zero-order valence-electron chi connectivity index (χ0n) is 14.2. The minimum absolute atomic E-state index is 0.311. The molecule has 0 aliphatic rings. The van der Waals surface area contributed by atoms with Crippen molar-refractivity contribution in [2.75, 3.05) is 6.61 Å². The molecule has 0 fully saturated rings. The van der Waals surface area contributed by atoms with Crippen molar-refractivity contribution in [2.24, 2.45) is 0 Å². The topological polar surface area (TPSA) is 46.5 Å². The molecular formula is C18H36O3. The maximum absolute atomic E-state index is 10.3. The summed E-state index contributed by atoms with van der Waals surface area (Å²) < 4.78 is 5.82. The van der Waals surface area contributed by atoms with E-state index in [4.69, 9.17) is 9.84 Å². The van der Waals surface area contributed by atoms with E-state index in [1.165, 1.54) is 44.9 Å². The molecule has 0 aromatic rings. The number of hydrogen-bond donors (Lipinski definition) is 1. The molecule has 0 bridgehead atoms. The number of hydrogen-bond acceptors (Lipinski definition) is 2. The SMILES string of the molecule is CCCCCCCCC(C)OCCCCCCCC(=O)O. The summed E-state index contributed by atoms with van der Waals surface area (Å²) in [5.41, 5.74) is 0. The Labute approximate surface area is 131 Å². The summed E-state index contributed by atoms with van der Waals surface area (Å²) in [5.74, 6) is -0.679. The first kappa shape index (κ1) is 20.4. The zero-order valence-corrected chi connectivity index (χ0v) is 14.2. The highest BCUT2D eigenvalue weighted by Gasteiger charge is 2.02. The highest BCUT2D eigenvalue weighted by atomic mass is 16.5. The Balaban J connectivity index is 3.15. The molecule has 0 radical (unpaired) electrons. The second-order valence-electron chi connectivity index (χ2n) is 6.15. The van der Waals surface area contributed by atoms with Gasteiger partial charge in [-0.25, -0.2) is 0 Å². The normalized spacial score (nSPS) is 12.5. The van der Waals surface area contributed by atoms with Crippen LogP contribution in [0.15, 0.2) is 0 Å². The summed E-state index contributed by atoms with van der Waals surface area (Å²) in [7, 11) is 0. The van der Waals surface area contributed by atoms with E-state index in [9.17, 15) is 4.79 Å². The van der Waals surface area contributed by atoms with E-state index in [1.807, 2.05) is 0 Å². The lowest BCUT2D eigenvalue weighted by molar-refractivity contribution is -0.137. The van der Waals surface area contributed by atoms with Crippen LogP contribution in [0.25, 0.3) is 0 Å². The van der Waals surface area contributed by atoms with Crippen LogP contribution in [0.2, 0.25) is 0 Å². The number of carboxylic acid groups (broad SMARTS) is 1. The fourth-order valence-corrected chi connectivity index (χ4v) is 2.49. The molecular weight excluding hydrogens is 264 g/mol. The minimum atomic E-state index is -0.679. The van der Waals surface area contributed by atoms with Gasteiger partial charge < -0.3 is 9.84 Å². The van der Waals surface area contributed by atoms with E-state index < -0.39 is 5.97 Å². The molecule has 0 saturated carbocycles. The fourth-order valence-electron chi connectivity index (χ4n) is 2.49. The third-order valence-electron chi connectivity index (χ3n) is 3.90. The second-order valence-corrected chi connectivity index (χ2v) is 6.15. The van der Waals surface area contributed by atoms with E-state index in [0.717, 1.165) is 38.7 Å². The Morgan fingerprint density at radius 3 is 2.14 bits per heavy atom. The molecule has 21 heavy (non-hydrogen) atoms. The van der Waals surface area contributed by atoms with Gasteiger partial charge in [-0.1, -0.05) is 64.7 Å². The van der Waals surface area contributed by atoms with E-state index in [2.05, 4.69) is 13.8 Å². The second kappa shape index (κ2) is 15.8. The van der Waals surface area contributed by atoms with Gasteiger partial charge in [0.15, 0.2) is 0 Å². The van der Waals surface area contributed by atoms with Crippen molar-refractivity contribution < 1.29 is 14.6 Å². The first-order valence-corrected chi connectivity index (χ1v) is 9.00. The summed E-state index contributed by atoms with van der Waals surface area (Å²) in [4.78, 5) is 10.3. The lowest BCUT2D eigenvalue weighted by atomic mass is 10.1. The van der Waals surface area contributed by atoms with E-state index in [-0.39, 0.29) is 0 Å². The number of aliphatic carboxylic acids is 1. The molecule has 126 valence electrons. The monoisotopic (exact) mass is 300 g/mol. The number of ether oxygens (including phenoxy) is 1. The average Bonchev–Trinajstić information content (AvgIpc) is 2.45. The molecule has 1 unspecified atom stereocenters. The summed E-state index contributed by atoms with van der Waals surface area (Å²) >= 11 is 0. The Kier molecular flexibility index (Phi) is 15.4. The lowest BCUT2D eigenvalue weighted by Crippen LogP contribution is -2.09. The van der Waals surface area contributed by atoms with Crippen molar-refractivity contribution in [3.8, 4) is 0 Å². The standard InChI is InChI=1S/C18H36O3/c1-3-4-5-6-8-11-14-17(2)21-16-13-10-7-9-12-15-18(19)20/h17H,3-16H2,1-2H3,(H,19,20). The van der Waals surface area contributed by atoms with Gasteiger partial charge in [0.05, 0.1) is 6.10 Å². The molecule has 0 aliphatic heterocycles. The van der Waals surface area contributed by atoms with Gasteiger partial charge in [-0.15, -0.1) is 0 Å². The molecule has 3 heteroatoms. The Morgan fingerprint density at radius 2 is 1.48 bits per heavy atom. The Bertz CT molecular complexity index is 229. The van der Waals surface area contributed by atoms with Crippen molar-refractivity contribution in [1.29, 1.82) is 0 Å². The van der Waals surface area contributed by atoms with Crippen molar-refractivity contribution in [3.05, 3.63) is 0 Å². The van der Waals surface area contributed by atoms with Gasteiger partial charge in [-0.3, -0.25) is 4.79 Å². The molecule has 1 N–H and O–H groups in total. The first-order chi connectivity index (χ1) is 10.2. The fraction of sp³-hybridized carbons (Fsp3) is 0.944. The van der Waals surface area contributed by atoms with Crippen LogP contribution in [-0.4, -0.2) is 23.8 Å². The highest BCUT2D eigenvalue weighted by molar-refractivity contribution is 5.66. The highest BCUT2D eigenvalue weighted by Crippen LogP contribution is 2.11. The van der Waals surface area contributed by atoms with E-state index in [0.29, 0.717) is 12.5 Å². The van der Waals surface area contributed by atoms with Crippen LogP contribution in [0, 0.1) is 0 Å². The Hall–Kier alpha value is -0.570. The summed E-state index contributed by atoms with van der Waals surface area (Å²) in [6.45, 7) is 5.29. The molecule has 0 rings (SSSR count). The lowest BCUT2D eigenvalue weighted by Gasteiger charge is -2.12. The maximum atomic E-state index is 10.3. The maximum Gasteiger partial charge on any atom is 0.303 e. The molecule has 0 saturated heterocycles. The Morgan fingerprint density at radius 1 is 0.905 bits per heavy atom. The molecule has 0 aliphatic carbocycles. The molecule has 1 atom stereocenters. The van der Waals surface area contributed by atoms with Crippen LogP contribution in [-0.2, 0) is 9.53 Å². The molecule has 0 heterocycles. The minimum Gasteiger partial charge on any atom is -0.481 e. The third kappa shape index (κ3) is 17.4. The summed E-state index contributed by atoms with van der Waals surface area (Å²) in [6, 6.07) is 0. The zero-order chi connectivity index (χ0) is 15.8. The number of unbranched alkanes of at least 4 members (excludes halogenated alkanes) is 9. The molecule has 0 spiro atoms. The summed E-state index contributed by atoms with van der Waals surface area (Å²) in [6.07, 6.45) is 15.2. The van der Waals surface area contributed by atoms with Crippen LogP contribution in [0.5, 0.6) is 0 Å². The molecule has 0 amide bonds. The molecule has 3 nitrogen and oxygen atoms in total. The van der Waals surface area contributed by atoms with Crippen molar-refractivity contribution in [1.82, 2.24) is 0 Å². The third-order valence-corrected chi connectivity index (χ3v) is 3.90.